The number of hydrogen-bond acceptors (Lipinski definition) is 3. The lowest BCUT2D eigenvalue weighted by Crippen LogP contribution is -2.66. The first-order chi connectivity index (χ1) is 8.50. The summed E-state index contributed by atoms with van der Waals surface area (Å²) in [5.74, 6) is 0.692. The fourth-order valence-corrected chi connectivity index (χ4v) is 4.65. The Morgan fingerprint density at radius 2 is 2.28 bits per heavy atom. The van der Waals surface area contributed by atoms with Gasteiger partial charge in [0.2, 0.25) is 0 Å². The van der Waals surface area contributed by atoms with Gasteiger partial charge in [0.25, 0.3) is 0 Å². The van der Waals surface area contributed by atoms with Crippen molar-refractivity contribution >= 4 is 22.9 Å². The van der Waals surface area contributed by atoms with Crippen LogP contribution < -0.4 is 5.32 Å². The van der Waals surface area contributed by atoms with Gasteiger partial charge in [-0.05, 0) is 25.5 Å². The Labute approximate surface area is 118 Å². The van der Waals surface area contributed by atoms with Crippen molar-refractivity contribution in [2.45, 2.75) is 45.4 Å². The third-order valence-corrected chi connectivity index (χ3v) is 5.96. The summed E-state index contributed by atoms with van der Waals surface area (Å²) in [7, 11) is 0. The number of hydrogen-bond donors (Lipinski definition) is 1. The van der Waals surface area contributed by atoms with Gasteiger partial charge in [0.05, 0.1) is 10.4 Å². The predicted molar refractivity (Wildman–Crippen MR) is 76.3 cm³/mol. The lowest BCUT2D eigenvalue weighted by molar-refractivity contribution is -0.115. The molecule has 0 spiro atoms. The molecule has 100 valence electrons. The van der Waals surface area contributed by atoms with Crippen molar-refractivity contribution in [2.24, 2.45) is 11.3 Å². The van der Waals surface area contributed by atoms with Gasteiger partial charge >= 0.3 is 0 Å². The predicted octanol–water partition coefficient (Wildman–Crippen LogP) is 3.87. The molecule has 0 radical (unpaired) electrons. The van der Waals surface area contributed by atoms with Crippen LogP contribution in [0.25, 0.3) is 0 Å². The van der Waals surface area contributed by atoms with Crippen LogP contribution >= 0.6 is 22.9 Å². The van der Waals surface area contributed by atoms with Crippen molar-refractivity contribution in [1.82, 2.24) is 5.32 Å². The molecule has 1 N–H and O–H groups in total. The quantitative estimate of drug-likeness (QED) is 0.910. The molecule has 2 aliphatic rings. The van der Waals surface area contributed by atoms with Crippen molar-refractivity contribution in [3.8, 4) is 0 Å². The van der Waals surface area contributed by atoms with Gasteiger partial charge in [0, 0.05) is 34.9 Å². The summed E-state index contributed by atoms with van der Waals surface area (Å²) in [6.07, 6.45) is 1.65. The maximum absolute atomic E-state index is 6.00. The first kappa shape index (κ1) is 12.9. The van der Waals surface area contributed by atoms with Crippen molar-refractivity contribution < 1.29 is 4.74 Å². The highest BCUT2D eigenvalue weighted by Gasteiger charge is 2.59. The lowest BCUT2D eigenvalue weighted by Gasteiger charge is -2.55. The Kier molecular flexibility index (Phi) is 3.22. The van der Waals surface area contributed by atoms with Gasteiger partial charge in [-0.3, -0.25) is 0 Å². The van der Waals surface area contributed by atoms with Gasteiger partial charge in [0.15, 0.2) is 0 Å². The van der Waals surface area contributed by atoms with Crippen LogP contribution in [0.2, 0.25) is 4.34 Å². The first-order valence-electron chi connectivity index (χ1n) is 6.63. The average Bonchev–Trinajstić information content (AvgIpc) is 2.92. The second-order valence-electron chi connectivity index (χ2n) is 6.07. The molecule has 1 saturated heterocycles. The normalized spacial score (nSPS) is 35.0. The average molecular weight is 286 g/mol. The molecule has 2 fully saturated rings. The number of fused-ring (bicyclic) bond motifs is 1. The number of thiophene rings is 1. The molecule has 1 aliphatic heterocycles. The van der Waals surface area contributed by atoms with Crippen molar-refractivity contribution in [1.29, 1.82) is 0 Å². The summed E-state index contributed by atoms with van der Waals surface area (Å²) in [6, 6.07) is 5.03. The molecule has 4 atom stereocenters. The SMILES string of the molecule is CC(NC1C2CCOC2C1(C)C)c1ccc(Cl)s1. The van der Waals surface area contributed by atoms with Gasteiger partial charge in [-0.15, -0.1) is 11.3 Å². The van der Waals surface area contributed by atoms with E-state index in [1.807, 2.05) is 6.07 Å². The molecule has 0 aromatic carbocycles. The van der Waals surface area contributed by atoms with E-state index in [0.717, 1.165) is 10.9 Å². The summed E-state index contributed by atoms with van der Waals surface area (Å²) in [4.78, 5) is 1.32. The van der Waals surface area contributed by atoms with Crippen LogP contribution in [0.4, 0.5) is 0 Å². The van der Waals surface area contributed by atoms with Crippen LogP contribution in [0.3, 0.4) is 0 Å². The van der Waals surface area contributed by atoms with E-state index in [0.29, 0.717) is 24.1 Å². The molecule has 1 aliphatic carbocycles. The van der Waals surface area contributed by atoms with Gasteiger partial charge in [-0.1, -0.05) is 25.4 Å². The van der Waals surface area contributed by atoms with E-state index in [-0.39, 0.29) is 5.41 Å². The molecule has 1 aromatic heterocycles. The van der Waals surface area contributed by atoms with E-state index in [9.17, 15) is 0 Å². The lowest BCUT2D eigenvalue weighted by atomic mass is 9.57. The van der Waals surface area contributed by atoms with Crippen LogP contribution in [-0.2, 0) is 4.74 Å². The molecule has 18 heavy (non-hydrogen) atoms. The fraction of sp³-hybridized carbons (Fsp3) is 0.714. The van der Waals surface area contributed by atoms with E-state index < -0.39 is 0 Å². The van der Waals surface area contributed by atoms with Crippen molar-refractivity contribution in [2.75, 3.05) is 6.61 Å². The minimum Gasteiger partial charge on any atom is -0.377 e. The molecule has 4 unspecified atom stereocenters. The molecule has 1 aromatic rings. The summed E-state index contributed by atoms with van der Waals surface area (Å²) in [5.41, 5.74) is 0.247. The third-order valence-electron chi connectivity index (χ3n) is 4.55. The number of rotatable bonds is 3. The minimum atomic E-state index is 0.247. The summed E-state index contributed by atoms with van der Waals surface area (Å²) in [6.45, 7) is 7.77. The van der Waals surface area contributed by atoms with E-state index >= 15 is 0 Å². The number of halogens is 1. The number of nitrogens with one attached hydrogen (secondary N) is 1. The topological polar surface area (TPSA) is 21.3 Å². The Balaban J connectivity index is 1.69. The van der Waals surface area contributed by atoms with E-state index in [1.54, 1.807) is 11.3 Å². The molecule has 0 amide bonds. The van der Waals surface area contributed by atoms with Crippen LogP contribution in [-0.4, -0.2) is 18.8 Å². The Hall–Kier alpha value is -0.0900. The fourth-order valence-electron chi connectivity index (χ4n) is 3.58. The van der Waals surface area contributed by atoms with Crippen LogP contribution in [0.1, 0.15) is 38.1 Å². The van der Waals surface area contributed by atoms with Crippen LogP contribution in [0.5, 0.6) is 0 Å². The standard InChI is InChI=1S/C14H20ClNOS/c1-8(10-4-5-11(15)18-10)16-12-9-6-7-17-13(9)14(12,2)3/h4-5,8-9,12-13,16H,6-7H2,1-3H3. The summed E-state index contributed by atoms with van der Waals surface area (Å²) < 4.78 is 6.70. The van der Waals surface area contributed by atoms with Crippen LogP contribution in [0.15, 0.2) is 12.1 Å². The Morgan fingerprint density at radius 1 is 1.50 bits per heavy atom. The van der Waals surface area contributed by atoms with Gasteiger partial charge < -0.3 is 10.1 Å². The minimum absolute atomic E-state index is 0.247. The maximum Gasteiger partial charge on any atom is 0.0931 e. The monoisotopic (exact) mass is 285 g/mol. The highest BCUT2D eigenvalue weighted by Crippen LogP contribution is 2.52. The molecule has 3 rings (SSSR count). The van der Waals surface area contributed by atoms with Gasteiger partial charge in [-0.2, -0.15) is 0 Å². The largest absolute Gasteiger partial charge is 0.377 e. The zero-order valence-electron chi connectivity index (χ0n) is 11.1. The zero-order chi connectivity index (χ0) is 12.9. The van der Waals surface area contributed by atoms with Crippen molar-refractivity contribution in [3.05, 3.63) is 21.3 Å². The third kappa shape index (κ3) is 1.92. The maximum atomic E-state index is 6.00. The van der Waals surface area contributed by atoms with E-state index in [1.165, 1.54) is 11.3 Å². The first-order valence-corrected chi connectivity index (χ1v) is 7.82. The molecule has 4 heteroatoms. The van der Waals surface area contributed by atoms with Gasteiger partial charge in [0.1, 0.15) is 0 Å². The Bertz CT molecular complexity index is 445. The van der Waals surface area contributed by atoms with E-state index in [2.05, 4.69) is 32.2 Å². The second-order valence-corrected chi connectivity index (χ2v) is 7.82. The highest BCUT2D eigenvalue weighted by molar-refractivity contribution is 7.16. The van der Waals surface area contributed by atoms with Crippen LogP contribution in [0, 0.1) is 11.3 Å². The second kappa shape index (κ2) is 4.48. The zero-order valence-corrected chi connectivity index (χ0v) is 12.6. The highest BCUT2D eigenvalue weighted by atomic mass is 35.5. The van der Waals surface area contributed by atoms with Gasteiger partial charge in [-0.25, -0.2) is 0 Å². The summed E-state index contributed by atoms with van der Waals surface area (Å²) in [5, 5.41) is 3.78. The molecule has 0 bridgehead atoms. The molecule has 2 nitrogen and oxygen atoms in total. The van der Waals surface area contributed by atoms with E-state index in [4.69, 9.17) is 16.3 Å². The summed E-state index contributed by atoms with van der Waals surface area (Å²) >= 11 is 7.67. The molecular weight excluding hydrogens is 266 g/mol. The smallest absolute Gasteiger partial charge is 0.0931 e. The Morgan fingerprint density at radius 3 is 2.94 bits per heavy atom. The number of ether oxygens (including phenoxy) is 1. The molecular formula is C14H20ClNOS. The molecule has 1 saturated carbocycles. The van der Waals surface area contributed by atoms with Crippen molar-refractivity contribution in [3.63, 3.8) is 0 Å². The molecule has 2 heterocycles.